The van der Waals surface area contributed by atoms with Crippen LogP contribution in [0.1, 0.15) is 4.88 Å². The number of benzene rings is 1. The molecule has 3 aromatic rings. The van der Waals surface area contributed by atoms with E-state index in [0.29, 0.717) is 15.8 Å². The molecule has 0 aliphatic carbocycles. The zero-order valence-electron chi connectivity index (χ0n) is 9.71. The fraction of sp³-hybridized carbons (Fsp3) is 0.0769. The maximum absolute atomic E-state index is 9.09. The van der Waals surface area contributed by atoms with E-state index in [0.717, 1.165) is 10.9 Å². The SMILES string of the molecule is OCc1sc(Oc2cccc3cccnc23)nc1Cl. The molecule has 0 amide bonds. The van der Waals surface area contributed by atoms with Crippen molar-refractivity contribution in [2.24, 2.45) is 0 Å². The first-order valence-electron chi connectivity index (χ1n) is 5.55. The molecule has 1 N–H and O–H groups in total. The predicted octanol–water partition coefficient (Wildman–Crippen LogP) is 3.63. The van der Waals surface area contributed by atoms with Crippen LogP contribution in [0.4, 0.5) is 0 Å². The molecule has 19 heavy (non-hydrogen) atoms. The number of para-hydroxylation sites is 1. The summed E-state index contributed by atoms with van der Waals surface area (Å²) in [6, 6.07) is 9.51. The number of nitrogens with zero attached hydrogens (tertiary/aromatic N) is 2. The van der Waals surface area contributed by atoms with E-state index in [1.807, 2.05) is 30.3 Å². The summed E-state index contributed by atoms with van der Waals surface area (Å²) in [7, 11) is 0. The van der Waals surface area contributed by atoms with Crippen LogP contribution in [-0.4, -0.2) is 15.1 Å². The zero-order valence-corrected chi connectivity index (χ0v) is 11.3. The Kier molecular flexibility index (Phi) is 3.33. The van der Waals surface area contributed by atoms with Gasteiger partial charge in [-0.1, -0.05) is 41.1 Å². The highest BCUT2D eigenvalue weighted by atomic mass is 35.5. The van der Waals surface area contributed by atoms with Crippen molar-refractivity contribution < 1.29 is 9.84 Å². The topological polar surface area (TPSA) is 55.2 Å². The van der Waals surface area contributed by atoms with Gasteiger partial charge in [0.05, 0.1) is 11.5 Å². The lowest BCUT2D eigenvalue weighted by Crippen LogP contribution is -1.86. The first kappa shape index (κ1) is 12.3. The largest absolute Gasteiger partial charge is 0.429 e. The second-order valence-electron chi connectivity index (χ2n) is 3.79. The van der Waals surface area contributed by atoms with Crippen molar-refractivity contribution in [1.82, 2.24) is 9.97 Å². The second kappa shape index (κ2) is 5.13. The first-order chi connectivity index (χ1) is 9.28. The van der Waals surface area contributed by atoms with Crippen molar-refractivity contribution in [2.45, 2.75) is 6.61 Å². The zero-order chi connectivity index (χ0) is 13.2. The summed E-state index contributed by atoms with van der Waals surface area (Å²) >= 11 is 7.09. The molecular formula is C13H9ClN2O2S. The summed E-state index contributed by atoms with van der Waals surface area (Å²) < 4.78 is 5.70. The summed E-state index contributed by atoms with van der Waals surface area (Å²) in [5, 5.41) is 10.7. The van der Waals surface area contributed by atoms with Gasteiger partial charge in [0.15, 0.2) is 5.75 Å². The molecule has 3 rings (SSSR count). The Hall–Kier alpha value is -1.69. The van der Waals surface area contributed by atoms with E-state index in [1.54, 1.807) is 6.20 Å². The number of aromatic nitrogens is 2. The summed E-state index contributed by atoms with van der Waals surface area (Å²) in [6.45, 7) is -0.145. The van der Waals surface area contributed by atoms with Gasteiger partial charge in [-0.15, -0.1) is 0 Å². The number of thiazole rings is 1. The van der Waals surface area contributed by atoms with Crippen molar-refractivity contribution in [3.05, 3.63) is 46.6 Å². The van der Waals surface area contributed by atoms with Gasteiger partial charge in [0.25, 0.3) is 5.19 Å². The Morgan fingerprint density at radius 3 is 2.89 bits per heavy atom. The smallest absolute Gasteiger partial charge is 0.280 e. The Bertz CT molecular complexity index is 724. The van der Waals surface area contributed by atoms with Crippen molar-refractivity contribution in [3.8, 4) is 10.9 Å². The minimum atomic E-state index is -0.145. The molecule has 96 valence electrons. The van der Waals surface area contributed by atoms with E-state index in [1.165, 1.54) is 11.3 Å². The van der Waals surface area contributed by atoms with Crippen LogP contribution in [0, 0.1) is 0 Å². The fourth-order valence-corrected chi connectivity index (χ4v) is 2.68. The molecule has 1 aromatic carbocycles. The van der Waals surface area contributed by atoms with Gasteiger partial charge in [-0.3, -0.25) is 4.98 Å². The maximum Gasteiger partial charge on any atom is 0.280 e. The molecule has 2 heterocycles. The van der Waals surface area contributed by atoms with Crippen LogP contribution in [0.25, 0.3) is 10.9 Å². The number of hydrogen-bond acceptors (Lipinski definition) is 5. The average molecular weight is 293 g/mol. The molecule has 0 unspecified atom stereocenters. The summed E-state index contributed by atoms with van der Waals surface area (Å²) in [4.78, 5) is 8.94. The van der Waals surface area contributed by atoms with Crippen molar-refractivity contribution >= 4 is 33.8 Å². The van der Waals surface area contributed by atoms with Crippen LogP contribution in [0.3, 0.4) is 0 Å². The lowest BCUT2D eigenvalue weighted by molar-refractivity contribution is 0.285. The molecular weight excluding hydrogens is 284 g/mol. The highest BCUT2D eigenvalue weighted by Crippen LogP contribution is 2.34. The fourth-order valence-electron chi connectivity index (χ4n) is 1.71. The number of hydrogen-bond donors (Lipinski definition) is 1. The highest BCUT2D eigenvalue weighted by Gasteiger charge is 2.11. The number of ether oxygens (including phenoxy) is 1. The van der Waals surface area contributed by atoms with Crippen LogP contribution in [0.5, 0.6) is 10.9 Å². The summed E-state index contributed by atoms with van der Waals surface area (Å²) in [5.41, 5.74) is 0.766. The molecule has 0 spiro atoms. The van der Waals surface area contributed by atoms with E-state index in [9.17, 15) is 0 Å². The van der Waals surface area contributed by atoms with Gasteiger partial charge in [-0.25, -0.2) is 0 Å². The molecule has 0 saturated heterocycles. The number of fused-ring (bicyclic) bond motifs is 1. The molecule has 0 radical (unpaired) electrons. The minimum Gasteiger partial charge on any atom is -0.429 e. The van der Waals surface area contributed by atoms with E-state index in [-0.39, 0.29) is 11.8 Å². The average Bonchev–Trinajstić information content (AvgIpc) is 2.79. The Morgan fingerprint density at radius 1 is 1.26 bits per heavy atom. The van der Waals surface area contributed by atoms with Crippen LogP contribution in [-0.2, 0) is 6.61 Å². The van der Waals surface area contributed by atoms with Gasteiger partial charge in [0.2, 0.25) is 0 Å². The van der Waals surface area contributed by atoms with E-state index in [2.05, 4.69) is 9.97 Å². The Balaban J connectivity index is 2.00. The van der Waals surface area contributed by atoms with Gasteiger partial charge in [0.1, 0.15) is 10.7 Å². The van der Waals surface area contributed by atoms with E-state index in [4.69, 9.17) is 21.4 Å². The van der Waals surface area contributed by atoms with Crippen LogP contribution < -0.4 is 4.74 Å². The second-order valence-corrected chi connectivity index (χ2v) is 5.19. The molecule has 0 aliphatic heterocycles. The molecule has 0 saturated carbocycles. The third-order valence-electron chi connectivity index (χ3n) is 2.57. The van der Waals surface area contributed by atoms with Crippen molar-refractivity contribution in [2.75, 3.05) is 0 Å². The summed E-state index contributed by atoms with van der Waals surface area (Å²) in [5.74, 6) is 0.619. The molecule has 6 heteroatoms. The molecule has 0 atom stereocenters. The standard InChI is InChI=1S/C13H9ClN2O2S/c14-12-10(7-17)19-13(16-12)18-9-5-1-3-8-4-2-6-15-11(8)9/h1-6,17H,7H2. The molecule has 4 nitrogen and oxygen atoms in total. The summed E-state index contributed by atoms with van der Waals surface area (Å²) in [6.07, 6.45) is 1.71. The predicted molar refractivity (Wildman–Crippen MR) is 74.9 cm³/mol. The van der Waals surface area contributed by atoms with Crippen molar-refractivity contribution in [3.63, 3.8) is 0 Å². The molecule has 0 aliphatic rings. The Morgan fingerprint density at radius 2 is 2.11 bits per heavy atom. The minimum absolute atomic E-state index is 0.145. The third kappa shape index (κ3) is 2.40. The number of rotatable bonds is 3. The first-order valence-corrected chi connectivity index (χ1v) is 6.75. The van der Waals surface area contributed by atoms with E-state index >= 15 is 0 Å². The van der Waals surface area contributed by atoms with Gasteiger partial charge in [0, 0.05) is 11.6 Å². The van der Waals surface area contributed by atoms with Crippen LogP contribution in [0.15, 0.2) is 36.5 Å². The monoisotopic (exact) mass is 292 g/mol. The third-order valence-corrected chi connectivity index (χ3v) is 3.91. The van der Waals surface area contributed by atoms with Gasteiger partial charge in [-0.05, 0) is 12.1 Å². The van der Waals surface area contributed by atoms with Gasteiger partial charge in [-0.2, -0.15) is 4.98 Å². The van der Waals surface area contributed by atoms with Crippen LogP contribution >= 0.6 is 22.9 Å². The number of halogens is 1. The number of aliphatic hydroxyl groups excluding tert-OH is 1. The van der Waals surface area contributed by atoms with Gasteiger partial charge < -0.3 is 9.84 Å². The lowest BCUT2D eigenvalue weighted by Gasteiger charge is -2.04. The van der Waals surface area contributed by atoms with Crippen molar-refractivity contribution in [1.29, 1.82) is 0 Å². The quantitative estimate of drug-likeness (QED) is 0.801. The molecule has 2 aromatic heterocycles. The van der Waals surface area contributed by atoms with E-state index < -0.39 is 0 Å². The van der Waals surface area contributed by atoms with Crippen LogP contribution in [0.2, 0.25) is 5.15 Å². The molecule has 0 fully saturated rings. The number of aliphatic hydroxyl groups is 1. The molecule has 0 bridgehead atoms. The van der Waals surface area contributed by atoms with Gasteiger partial charge >= 0.3 is 0 Å². The lowest BCUT2D eigenvalue weighted by atomic mass is 10.2. The number of pyridine rings is 1. The maximum atomic E-state index is 9.09. The highest BCUT2D eigenvalue weighted by molar-refractivity contribution is 7.13. The Labute approximate surface area is 118 Å². The normalized spacial score (nSPS) is 10.8.